The molecule has 0 aliphatic carbocycles. The largest absolute Gasteiger partial charge is 0.348 e. The predicted molar refractivity (Wildman–Crippen MR) is 105 cm³/mol. The van der Waals surface area contributed by atoms with Gasteiger partial charge in [0.05, 0.1) is 6.04 Å². The van der Waals surface area contributed by atoms with Crippen molar-refractivity contribution in [3.63, 3.8) is 0 Å². The molecular formula is C18H24BrClN4O. The fourth-order valence-electron chi connectivity index (χ4n) is 3.09. The molecule has 0 radical (unpaired) electrons. The Bertz CT molecular complexity index is 700. The van der Waals surface area contributed by atoms with Gasteiger partial charge in [-0.3, -0.25) is 9.48 Å². The second-order valence-corrected chi connectivity index (χ2v) is 7.31. The normalized spacial score (nSPS) is 18.2. The van der Waals surface area contributed by atoms with Crippen LogP contribution in [0.15, 0.2) is 41.0 Å². The number of benzene rings is 1. The Morgan fingerprint density at radius 3 is 3.04 bits per heavy atom. The molecular weight excluding hydrogens is 404 g/mol. The van der Waals surface area contributed by atoms with Crippen molar-refractivity contribution in [1.29, 1.82) is 0 Å². The van der Waals surface area contributed by atoms with Crippen molar-refractivity contribution in [3.05, 3.63) is 52.3 Å². The summed E-state index contributed by atoms with van der Waals surface area (Å²) in [5.41, 5.74) is 1.68. The number of halogens is 2. The average molecular weight is 428 g/mol. The summed E-state index contributed by atoms with van der Waals surface area (Å²) in [5.74, 6) is -0.111. The number of carbonyl (C=O) groups excluding carboxylic acids is 1. The molecule has 2 aromatic rings. The molecule has 3 rings (SSSR count). The lowest BCUT2D eigenvalue weighted by molar-refractivity contribution is 0.0933. The van der Waals surface area contributed by atoms with Crippen molar-refractivity contribution < 1.29 is 4.79 Å². The summed E-state index contributed by atoms with van der Waals surface area (Å²) in [5, 5.41) is 10.9. The third-order valence-corrected chi connectivity index (χ3v) is 4.79. The number of aromatic nitrogens is 2. The second kappa shape index (κ2) is 9.36. The molecule has 0 saturated carbocycles. The zero-order valence-electron chi connectivity index (χ0n) is 14.2. The van der Waals surface area contributed by atoms with E-state index in [4.69, 9.17) is 0 Å². The maximum Gasteiger partial charge on any atom is 0.271 e. The first-order chi connectivity index (χ1) is 11.6. The van der Waals surface area contributed by atoms with Gasteiger partial charge in [-0.15, -0.1) is 12.4 Å². The average Bonchev–Trinajstić information content (AvgIpc) is 3.05. The number of nitrogens with zero attached hydrogens (tertiary/aromatic N) is 2. The molecule has 1 saturated heterocycles. The Balaban J connectivity index is 0.00000225. The van der Waals surface area contributed by atoms with E-state index < -0.39 is 0 Å². The summed E-state index contributed by atoms with van der Waals surface area (Å²) < 4.78 is 2.97. The summed E-state index contributed by atoms with van der Waals surface area (Å²) in [4.78, 5) is 12.4. The topological polar surface area (TPSA) is 59.0 Å². The number of rotatable bonds is 5. The van der Waals surface area contributed by atoms with Gasteiger partial charge in [-0.05, 0) is 56.5 Å². The lowest BCUT2D eigenvalue weighted by Gasteiger charge is -2.22. The molecule has 136 valence electrons. The minimum Gasteiger partial charge on any atom is -0.348 e. The van der Waals surface area contributed by atoms with Crippen LogP contribution < -0.4 is 10.6 Å². The molecule has 2 unspecified atom stereocenters. The molecule has 1 aliphatic heterocycles. The van der Waals surface area contributed by atoms with Gasteiger partial charge in [0.25, 0.3) is 5.91 Å². The van der Waals surface area contributed by atoms with Crippen LogP contribution in [-0.4, -0.2) is 34.8 Å². The fraction of sp³-hybridized carbons (Fsp3) is 0.444. The molecule has 5 nitrogen and oxygen atoms in total. The van der Waals surface area contributed by atoms with Gasteiger partial charge in [-0.25, -0.2) is 0 Å². The van der Waals surface area contributed by atoms with Gasteiger partial charge in [-0.1, -0.05) is 28.1 Å². The molecule has 1 amide bonds. The smallest absolute Gasteiger partial charge is 0.271 e. The monoisotopic (exact) mass is 426 g/mol. The van der Waals surface area contributed by atoms with Crippen LogP contribution in [0.2, 0.25) is 0 Å². The van der Waals surface area contributed by atoms with Gasteiger partial charge >= 0.3 is 0 Å². The summed E-state index contributed by atoms with van der Waals surface area (Å²) in [6.07, 6.45) is 4.95. The quantitative estimate of drug-likeness (QED) is 0.769. The van der Waals surface area contributed by atoms with E-state index in [9.17, 15) is 4.79 Å². The van der Waals surface area contributed by atoms with E-state index in [1.54, 1.807) is 6.07 Å². The molecule has 7 heteroatoms. The Labute approximate surface area is 163 Å². The van der Waals surface area contributed by atoms with Crippen molar-refractivity contribution >= 4 is 34.2 Å². The highest BCUT2D eigenvalue weighted by Crippen LogP contribution is 2.16. The van der Waals surface area contributed by atoms with Crippen molar-refractivity contribution in [1.82, 2.24) is 20.4 Å². The van der Waals surface area contributed by atoms with E-state index in [-0.39, 0.29) is 24.4 Å². The Kier molecular flexibility index (Phi) is 7.47. The van der Waals surface area contributed by atoms with Gasteiger partial charge in [0.1, 0.15) is 5.69 Å². The van der Waals surface area contributed by atoms with Gasteiger partial charge in [0.2, 0.25) is 0 Å². The SMILES string of the molecule is CC(Cc1cccc(Br)c1)NC(=O)c1ccn(C2CCCNC2)n1.Cl. The zero-order valence-corrected chi connectivity index (χ0v) is 16.6. The minimum absolute atomic E-state index is 0. The van der Waals surface area contributed by atoms with Gasteiger partial charge < -0.3 is 10.6 Å². The lowest BCUT2D eigenvalue weighted by atomic mass is 10.1. The lowest BCUT2D eigenvalue weighted by Crippen LogP contribution is -2.35. The summed E-state index contributed by atoms with van der Waals surface area (Å²) >= 11 is 3.47. The van der Waals surface area contributed by atoms with E-state index >= 15 is 0 Å². The standard InChI is InChI=1S/C18H23BrN4O.ClH/c1-13(10-14-4-2-5-15(19)11-14)21-18(24)17-7-9-23(22-17)16-6-3-8-20-12-16;/h2,4-5,7,9,11,13,16,20H,3,6,8,10,12H2,1H3,(H,21,24);1H. The van der Waals surface area contributed by atoms with Crippen LogP contribution in [0.25, 0.3) is 0 Å². The number of piperidine rings is 1. The number of amides is 1. The predicted octanol–water partition coefficient (Wildman–Crippen LogP) is 3.35. The molecule has 2 atom stereocenters. The number of nitrogens with one attached hydrogen (secondary N) is 2. The third-order valence-electron chi connectivity index (χ3n) is 4.29. The van der Waals surface area contributed by atoms with Crippen LogP contribution in [0.1, 0.15) is 41.9 Å². The van der Waals surface area contributed by atoms with E-state index in [1.165, 1.54) is 5.56 Å². The molecule has 2 heterocycles. The highest BCUT2D eigenvalue weighted by Gasteiger charge is 2.18. The maximum absolute atomic E-state index is 12.4. The number of carbonyl (C=O) groups is 1. The molecule has 1 fully saturated rings. The Morgan fingerprint density at radius 2 is 2.32 bits per heavy atom. The van der Waals surface area contributed by atoms with Gasteiger partial charge in [0, 0.05) is 23.3 Å². The van der Waals surface area contributed by atoms with Gasteiger partial charge in [-0.2, -0.15) is 5.10 Å². The molecule has 0 spiro atoms. The fourth-order valence-corrected chi connectivity index (χ4v) is 3.53. The molecule has 1 aromatic carbocycles. The van der Waals surface area contributed by atoms with Crippen LogP contribution in [0.5, 0.6) is 0 Å². The van der Waals surface area contributed by atoms with Gasteiger partial charge in [0.15, 0.2) is 0 Å². The van der Waals surface area contributed by atoms with Crippen molar-refractivity contribution in [3.8, 4) is 0 Å². The molecule has 0 bridgehead atoms. The van der Waals surface area contributed by atoms with Crippen LogP contribution in [0.4, 0.5) is 0 Å². The van der Waals surface area contributed by atoms with E-state index in [1.807, 2.05) is 29.9 Å². The van der Waals surface area contributed by atoms with E-state index in [2.05, 4.69) is 43.8 Å². The molecule has 1 aliphatic rings. The van der Waals surface area contributed by atoms with E-state index in [0.29, 0.717) is 11.7 Å². The summed E-state index contributed by atoms with van der Waals surface area (Å²) in [6.45, 7) is 4.00. The first-order valence-electron chi connectivity index (χ1n) is 8.43. The Hall–Kier alpha value is -1.37. The first kappa shape index (κ1) is 19.9. The third kappa shape index (κ3) is 5.56. The highest BCUT2D eigenvalue weighted by molar-refractivity contribution is 9.10. The van der Waals surface area contributed by atoms with Crippen molar-refractivity contribution in [2.75, 3.05) is 13.1 Å². The minimum atomic E-state index is -0.111. The molecule has 25 heavy (non-hydrogen) atoms. The van der Waals surface area contributed by atoms with Crippen molar-refractivity contribution in [2.24, 2.45) is 0 Å². The van der Waals surface area contributed by atoms with Crippen LogP contribution in [-0.2, 0) is 6.42 Å². The Morgan fingerprint density at radius 1 is 1.48 bits per heavy atom. The second-order valence-electron chi connectivity index (χ2n) is 6.39. The summed E-state index contributed by atoms with van der Waals surface area (Å²) in [7, 11) is 0. The van der Waals surface area contributed by atoms with Crippen LogP contribution in [0.3, 0.4) is 0 Å². The first-order valence-corrected chi connectivity index (χ1v) is 9.22. The van der Waals surface area contributed by atoms with Crippen LogP contribution >= 0.6 is 28.3 Å². The summed E-state index contributed by atoms with van der Waals surface area (Å²) in [6, 6.07) is 10.3. The molecule has 1 aromatic heterocycles. The number of hydrogen-bond donors (Lipinski definition) is 2. The number of hydrogen-bond acceptors (Lipinski definition) is 3. The van der Waals surface area contributed by atoms with Crippen molar-refractivity contribution in [2.45, 2.75) is 38.3 Å². The highest BCUT2D eigenvalue weighted by atomic mass is 79.9. The van der Waals surface area contributed by atoms with Crippen LogP contribution in [0, 0.1) is 0 Å². The zero-order chi connectivity index (χ0) is 16.9. The molecule has 2 N–H and O–H groups in total. The maximum atomic E-state index is 12.4. The van der Waals surface area contributed by atoms with E-state index in [0.717, 1.165) is 36.8 Å².